The predicted molar refractivity (Wildman–Crippen MR) is 129 cm³/mol. The molecule has 3 aromatic rings. The molecular weight excluding hydrogens is 370 g/mol. The van der Waals surface area contributed by atoms with Gasteiger partial charge in [0.1, 0.15) is 11.6 Å². The van der Waals surface area contributed by atoms with E-state index in [1.807, 2.05) is 108 Å². The first kappa shape index (κ1) is 27.0. The number of pyridine rings is 2. The van der Waals surface area contributed by atoms with Crippen LogP contribution >= 0.6 is 0 Å². The fourth-order valence-corrected chi connectivity index (χ4v) is 2.80. The van der Waals surface area contributed by atoms with Crippen LogP contribution in [0.15, 0.2) is 79.1 Å². The first-order valence-electron chi connectivity index (χ1n) is 10.9. The van der Waals surface area contributed by atoms with Gasteiger partial charge in [-0.2, -0.15) is 0 Å². The highest BCUT2D eigenvalue weighted by atomic mass is 16.1. The molecule has 2 atom stereocenters. The van der Waals surface area contributed by atoms with Crippen molar-refractivity contribution in [2.45, 2.75) is 60.4 Å². The smallest absolute Gasteiger partial charge is 0.141 e. The molecule has 0 radical (unpaired) electrons. The van der Waals surface area contributed by atoms with Gasteiger partial charge < -0.3 is 5.32 Å². The molecule has 2 heterocycles. The van der Waals surface area contributed by atoms with E-state index < -0.39 is 5.92 Å². The molecule has 4 heteroatoms. The minimum atomic E-state index is -0.393. The van der Waals surface area contributed by atoms with Crippen LogP contribution in [0.25, 0.3) is 0 Å². The van der Waals surface area contributed by atoms with Gasteiger partial charge in [-0.25, -0.2) is 4.98 Å². The van der Waals surface area contributed by atoms with E-state index >= 15 is 0 Å². The average Bonchev–Trinajstić information content (AvgIpc) is 2.84. The molecule has 1 N–H and O–H groups in total. The van der Waals surface area contributed by atoms with Crippen molar-refractivity contribution in [3.63, 3.8) is 0 Å². The van der Waals surface area contributed by atoms with Gasteiger partial charge in [0.15, 0.2) is 0 Å². The normalized spacial score (nSPS) is 11.0. The largest absolute Gasteiger partial charge is 0.362 e. The summed E-state index contributed by atoms with van der Waals surface area (Å²) in [6.45, 7) is 13.6. The van der Waals surface area contributed by atoms with Gasteiger partial charge in [0, 0.05) is 12.4 Å². The predicted octanol–water partition coefficient (Wildman–Crippen LogP) is 7.08. The lowest BCUT2D eigenvalue weighted by molar-refractivity contribution is -0.118. The molecule has 4 nitrogen and oxygen atoms in total. The Labute approximate surface area is 182 Å². The van der Waals surface area contributed by atoms with E-state index in [0.717, 1.165) is 17.1 Å². The zero-order valence-electron chi connectivity index (χ0n) is 19.5. The molecule has 0 amide bonds. The summed E-state index contributed by atoms with van der Waals surface area (Å²) in [6.07, 6.45) is 3.45. The molecule has 0 aliphatic heterocycles. The van der Waals surface area contributed by atoms with Crippen molar-refractivity contribution in [2.75, 3.05) is 5.32 Å². The minimum absolute atomic E-state index is 0.0611. The molecule has 0 spiro atoms. The van der Waals surface area contributed by atoms with Gasteiger partial charge in [-0.05, 0) is 36.8 Å². The molecule has 0 aliphatic carbocycles. The highest BCUT2D eigenvalue weighted by molar-refractivity contribution is 5.84. The van der Waals surface area contributed by atoms with Crippen LogP contribution in [-0.2, 0) is 4.79 Å². The maximum absolute atomic E-state index is 12.4. The SMILES string of the molecule is CC.CC.CC.CC(=O)C(c1ccccn1)C(Nc1ccccn1)c1ccccc1. The van der Waals surface area contributed by atoms with Gasteiger partial charge in [-0.3, -0.25) is 9.78 Å². The van der Waals surface area contributed by atoms with Crippen LogP contribution in [-0.4, -0.2) is 15.8 Å². The molecule has 0 saturated heterocycles. The minimum Gasteiger partial charge on any atom is -0.362 e. The highest BCUT2D eigenvalue weighted by Crippen LogP contribution is 2.33. The molecule has 3 rings (SSSR count). The highest BCUT2D eigenvalue weighted by Gasteiger charge is 2.30. The van der Waals surface area contributed by atoms with Crippen LogP contribution in [0.3, 0.4) is 0 Å². The summed E-state index contributed by atoms with van der Waals surface area (Å²) in [6, 6.07) is 21.0. The van der Waals surface area contributed by atoms with E-state index in [0.29, 0.717) is 0 Å². The second-order valence-electron chi connectivity index (χ2n) is 5.59. The van der Waals surface area contributed by atoms with E-state index in [9.17, 15) is 4.79 Å². The molecule has 0 aliphatic rings. The molecule has 30 heavy (non-hydrogen) atoms. The number of hydrogen-bond donors (Lipinski definition) is 1. The number of anilines is 1. The molecule has 0 bridgehead atoms. The summed E-state index contributed by atoms with van der Waals surface area (Å²) < 4.78 is 0. The molecule has 1 aromatic carbocycles. The van der Waals surface area contributed by atoms with E-state index in [1.54, 1.807) is 19.3 Å². The van der Waals surface area contributed by atoms with Crippen molar-refractivity contribution >= 4 is 11.6 Å². The number of nitrogens with one attached hydrogen (secondary N) is 1. The maximum atomic E-state index is 12.4. The average molecular weight is 408 g/mol. The standard InChI is InChI=1S/C20H19N3O.3C2H6/c1-15(24)19(17-11-5-7-13-21-17)20(16-9-3-2-4-10-16)23-18-12-6-8-14-22-18;3*1-2/h2-14,19-20H,1H3,(H,22,23);3*1-2H3. The molecule has 0 fully saturated rings. The van der Waals surface area contributed by atoms with Crippen LogP contribution in [0.5, 0.6) is 0 Å². The number of carbonyl (C=O) groups is 1. The van der Waals surface area contributed by atoms with Crippen molar-refractivity contribution in [2.24, 2.45) is 0 Å². The zero-order valence-corrected chi connectivity index (χ0v) is 19.5. The van der Waals surface area contributed by atoms with Gasteiger partial charge in [-0.15, -0.1) is 0 Å². The van der Waals surface area contributed by atoms with Gasteiger partial charge in [0.2, 0.25) is 0 Å². The summed E-state index contributed by atoms with van der Waals surface area (Å²) >= 11 is 0. The number of nitrogens with zero attached hydrogens (tertiary/aromatic N) is 2. The first-order valence-corrected chi connectivity index (χ1v) is 10.9. The number of Topliss-reactive ketones (excluding diaryl/α,β-unsaturated/α-hetero) is 1. The van der Waals surface area contributed by atoms with Crippen LogP contribution in [0.4, 0.5) is 5.82 Å². The van der Waals surface area contributed by atoms with Crippen molar-refractivity contribution < 1.29 is 4.79 Å². The van der Waals surface area contributed by atoms with Crippen molar-refractivity contribution in [1.29, 1.82) is 0 Å². The van der Waals surface area contributed by atoms with E-state index in [1.165, 1.54) is 0 Å². The zero-order chi connectivity index (χ0) is 22.8. The lowest BCUT2D eigenvalue weighted by Gasteiger charge is -2.27. The third kappa shape index (κ3) is 8.56. The van der Waals surface area contributed by atoms with Gasteiger partial charge >= 0.3 is 0 Å². The molecule has 2 unspecified atom stereocenters. The van der Waals surface area contributed by atoms with Crippen molar-refractivity contribution in [3.05, 3.63) is 90.4 Å². The number of hydrogen-bond acceptors (Lipinski definition) is 4. The lowest BCUT2D eigenvalue weighted by atomic mass is 9.87. The number of aromatic nitrogens is 2. The number of benzene rings is 1. The Bertz CT molecular complexity index is 777. The van der Waals surface area contributed by atoms with Crippen LogP contribution in [0, 0.1) is 0 Å². The monoisotopic (exact) mass is 407 g/mol. The maximum Gasteiger partial charge on any atom is 0.141 e. The number of rotatable bonds is 6. The van der Waals surface area contributed by atoms with Gasteiger partial charge in [-0.1, -0.05) is 84.0 Å². The van der Waals surface area contributed by atoms with E-state index in [-0.39, 0.29) is 11.8 Å². The number of ketones is 1. The Kier molecular flexibility index (Phi) is 15.2. The van der Waals surface area contributed by atoms with Gasteiger partial charge in [0.25, 0.3) is 0 Å². The second kappa shape index (κ2) is 16.9. The first-order chi connectivity index (χ1) is 14.8. The van der Waals surface area contributed by atoms with Crippen LogP contribution in [0.2, 0.25) is 0 Å². The fourth-order valence-electron chi connectivity index (χ4n) is 2.80. The Hall–Kier alpha value is -3.01. The van der Waals surface area contributed by atoms with Crippen LogP contribution in [0.1, 0.15) is 71.7 Å². The fraction of sp³-hybridized carbons (Fsp3) is 0.346. The summed E-state index contributed by atoms with van der Waals surface area (Å²) in [5, 5.41) is 3.40. The Balaban J connectivity index is 0.00000129. The van der Waals surface area contributed by atoms with Crippen molar-refractivity contribution in [1.82, 2.24) is 9.97 Å². The van der Waals surface area contributed by atoms with Crippen molar-refractivity contribution in [3.8, 4) is 0 Å². The molecular formula is C26H37N3O. The molecule has 2 aromatic heterocycles. The summed E-state index contributed by atoms with van der Waals surface area (Å²) in [7, 11) is 0. The summed E-state index contributed by atoms with van der Waals surface area (Å²) in [4.78, 5) is 21.2. The van der Waals surface area contributed by atoms with E-state index in [4.69, 9.17) is 0 Å². The Morgan fingerprint density at radius 3 is 1.73 bits per heavy atom. The third-order valence-corrected chi connectivity index (χ3v) is 3.90. The summed E-state index contributed by atoms with van der Waals surface area (Å²) in [5.41, 5.74) is 1.77. The Morgan fingerprint density at radius 1 is 0.733 bits per heavy atom. The van der Waals surface area contributed by atoms with Crippen LogP contribution < -0.4 is 5.32 Å². The topological polar surface area (TPSA) is 54.9 Å². The third-order valence-electron chi connectivity index (χ3n) is 3.90. The second-order valence-corrected chi connectivity index (χ2v) is 5.59. The number of carbonyl (C=O) groups excluding carboxylic acids is 1. The van der Waals surface area contributed by atoms with Gasteiger partial charge in [0.05, 0.1) is 17.7 Å². The van der Waals surface area contributed by atoms with E-state index in [2.05, 4.69) is 15.3 Å². The quantitative estimate of drug-likeness (QED) is 0.474. The summed E-state index contributed by atoms with van der Waals surface area (Å²) in [5.74, 6) is 0.398. The molecule has 0 saturated carbocycles. The Morgan fingerprint density at radius 2 is 1.27 bits per heavy atom. The molecule has 162 valence electrons. The lowest BCUT2D eigenvalue weighted by Crippen LogP contribution is -2.25.